The summed E-state index contributed by atoms with van der Waals surface area (Å²) in [6, 6.07) is 0. The van der Waals surface area contributed by atoms with Gasteiger partial charge in [-0.2, -0.15) is 0 Å². The number of aliphatic hydroxyl groups excluding tert-OH is 2. The Hall–Kier alpha value is -1.40. The molecule has 0 aromatic carbocycles. The van der Waals surface area contributed by atoms with Crippen molar-refractivity contribution in [2.24, 2.45) is 0 Å². The monoisotopic (exact) mass is 204 g/mol. The van der Waals surface area contributed by atoms with Crippen molar-refractivity contribution in [2.45, 2.75) is 12.5 Å². The summed E-state index contributed by atoms with van der Waals surface area (Å²) in [5.74, 6) is -2.03. The first-order valence-electron chi connectivity index (χ1n) is 3.93. The maximum atomic E-state index is 10.7. The molecule has 0 unspecified atom stereocenters. The summed E-state index contributed by atoms with van der Waals surface area (Å²) in [6.07, 6.45) is 0.619. The van der Waals surface area contributed by atoms with Crippen LogP contribution in [0.1, 0.15) is 6.42 Å². The largest absolute Gasteiger partial charge is 0.478 e. The standard InChI is InChI=1S/C8H12O6/c9-5-6(10)3-4-14-8(13)2-1-7(11)12/h1-2,6,9-10H,3-5H2,(H,11,12)/b2-1+/t6-/m0/s1. The fourth-order valence-corrected chi connectivity index (χ4v) is 0.574. The molecule has 0 spiro atoms. The average molecular weight is 204 g/mol. The second-order valence-corrected chi connectivity index (χ2v) is 2.46. The molecular formula is C8H12O6. The van der Waals surface area contributed by atoms with E-state index < -0.39 is 24.6 Å². The number of aliphatic carboxylic acids is 1. The van der Waals surface area contributed by atoms with Gasteiger partial charge in [-0.1, -0.05) is 0 Å². The second-order valence-electron chi connectivity index (χ2n) is 2.46. The first-order valence-corrected chi connectivity index (χ1v) is 3.93. The van der Waals surface area contributed by atoms with Crippen LogP contribution < -0.4 is 0 Å². The summed E-state index contributed by atoms with van der Waals surface area (Å²) in [4.78, 5) is 20.7. The third-order valence-electron chi connectivity index (χ3n) is 1.27. The van der Waals surface area contributed by atoms with Gasteiger partial charge in [0, 0.05) is 18.6 Å². The van der Waals surface area contributed by atoms with Crippen LogP contribution in [-0.2, 0) is 14.3 Å². The molecule has 0 saturated heterocycles. The fourth-order valence-electron chi connectivity index (χ4n) is 0.574. The van der Waals surface area contributed by atoms with Crippen LogP contribution in [-0.4, -0.2) is 46.6 Å². The molecule has 0 radical (unpaired) electrons. The van der Waals surface area contributed by atoms with Gasteiger partial charge in [-0.25, -0.2) is 9.59 Å². The Balaban J connectivity index is 3.59. The van der Waals surface area contributed by atoms with Crippen molar-refractivity contribution >= 4 is 11.9 Å². The highest BCUT2D eigenvalue weighted by atomic mass is 16.5. The highest BCUT2D eigenvalue weighted by Crippen LogP contribution is 1.92. The Morgan fingerprint density at radius 3 is 2.50 bits per heavy atom. The second kappa shape index (κ2) is 7.05. The summed E-state index contributed by atoms with van der Waals surface area (Å²) >= 11 is 0. The van der Waals surface area contributed by atoms with Crippen LogP contribution in [0.25, 0.3) is 0 Å². The van der Waals surface area contributed by atoms with E-state index in [-0.39, 0.29) is 13.0 Å². The van der Waals surface area contributed by atoms with Crippen molar-refractivity contribution in [2.75, 3.05) is 13.2 Å². The first kappa shape index (κ1) is 12.6. The Bertz CT molecular complexity index is 222. The van der Waals surface area contributed by atoms with Crippen molar-refractivity contribution in [3.05, 3.63) is 12.2 Å². The molecule has 0 saturated carbocycles. The van der Waals surface area contributed by atoms with Crippen molar-refractivity contribution in [1.29, 1.82) is 0 Å². The van der Waals surface area contributed by atoms with Gasteiger partial charge in [-0.3, -0.25) is 0 Å². The number of carbonyl (C=O) groups is 2. The Morgan fingerprint density at radius 1 is 1.36 bits per heavy atom. The van der Waals surface area contributed by atoms with Crippen molar-refractivity contribution < 1.29 is 29.6 Å². The van der Waals surface area contributed by atoms with Crippen LogP contribution in [0.3, 0.4) is 0 Å². The summed E-state index contributed by atoms with van der Waals surface area (Å²) < 4.78 is 4.50. The van der Waals surface area contributed by atoms with Gasteiger partial charge in [0.1, 0.15) is 0 Å². The Kier molecular flexibility index (Phi) is 6.34. The molecule has 0 aliphatic heterocycles. The van der Waals surface area contributed by atoms with Crippen molar-refractivity contribution in [3.8, 4) is 0 Å². The first-order chi connectivity index (χ1) is 6.56. The van der Waals surface area contributed by atoms with Crippen LogP contribution in [0.15, 0.2) is 12.2 Å². The number of carbonyl (C=O) groups excluding carboxylic acids is 1. The topological polar surface area (TPSA) is 104 Å². The minimum absolute atomic E-state index is 0.0650. The molecule has 14 heavy (non-hydrogen) atoms. The van der Waals surface area contributed by atoms with Crippen LogP contribution in [0.4, 0.5) is 0 Å². The van der Waals surface area contributed by atoms with Crippen LogP contribution >= 0.6 is 0 Å². The molecule has 0 aliphatic rings. The maximum Gasteiger partial charge on any atom is 0.331 e. The lowest BCUT2D eigenvalue weighted by atomic mass is 10.3. The van der Waals surface area contributed by atoms with E-state index in [4.69, 9.17) is 15.3 Å². The van der Waals surface area contributed by atoms with Crippen LogP contribution in [0.2, 0.25) is 0 Å². The summed E-state index contributed by atoms with van der Waals surface area (Å²) in [6.45, 7) is -0.465. The van der Waals surface area contributed by atoms with Gasteiger partial charge in [0.2, 0.25) is 0 Å². The summed E-state index contributed by atoms with van der Waals surface area (Å²) in [7, 11) is 0. The third kappa shape index (κ3) is 7.26. The molecule has 0 aromatic heterocycles. The number of esters is 1. The van der Waals surface area contributed by atoms with E-state index in [1.807, 2.05) is 0 Å². The number of ether oxygens (including phenoxy) is 1. The predicted octanol–water partition coefficient (Wildman–Crippen LogP) is -1.09. The molecule has 0 heterocycles. The zero-order chi connectivity index (χ0) is 11.0. The van der Waals surface area contributed by atoms with E-state index in [0.717, 1.165) is 6.08 Å². The van der Waals surface area contributed by atoms with Gasteiger partial charge < -0.3 is 20.1 Å². The predicted molar refractivity (Wildman–Crippen MR) is 45.4 cm³/mol. The number of hydrogen-bond donors (Lipinski definition) is 3. The SMILES string of the molecule is O=C(O)/C=C/C(=O)OCC[C@H](O)CO. The molecule has 3 N–H and O–H groups in total. The highest BCUT2D eigenvalue weighted by molar-refractivity contribution is 5.90. The molecule has 0 aromatic rings. The number of hydrogen-bond acceptors (Lipinski definition) is 5. The molecule has 0 rings (SSSR count). The summed E-state index contributed by atoms with van der Waals surface area (Å²) in [5.41, 5.74) is 0. The van der Waals surface area contributed by atoms with Gasteiger partial charge in [0.05, 0.1) is 19.3 Å². The minimum atomic E-state index is -1.24. The highest BCUT2D eigenvalue weighted by Gasteiger charge is 2.03. The Morgan fingerprint density at radius 2 is 2.00 bits per heavy atom. The number of carboxylic acid groups (broad SMARTS) is 1. The summed E-state index contributed by atoms with van der Waals surface area (Å²) in [5, 5.41) is 25.4. The lowest BCUT2D eigenvalue weighted by Gasteiger charge is -2.05. The molecule has 0 aliphatic carbocycles. The molecule has 6 heteroatoms. The van der Waals surface area contributed by atoms with Crippen LogP contribution in [0.5, 0.6) is 0 Å². The average Bonchev–Trinajstić information content (AvgIpc) is 2.14. The molecule has 0 bridgehead atoms. The van der Waals surface area contributed by atoms with Crippen LogP contribution in [0, 0.1) is 0 Å². The normalized spacial score (nSPS) is 12.7. The molecule has 1 atom stereocenters. The quantitative estimate of drug-likeness (QED) is 0.375. The molecular weight excluding hydrogens is 192 g/mol. The van der Waals surface area contributed by atoms with E-state index in [1.165, 1.54) is 0 Å². The smallest absolute Gasteiger partial charge is 0.331 e. The minimum Gasteiger partial charge on any atom is -0.478 e. The Labute approximate surface area is 80.4 Å². The van der Waals surface area contributed by atoms with Crippen molar-refractivity contribution in [1.82, 2.24) is 0 Å². The van der Waals surface area contributed by atoms with Gasteiger partial charge in [-0.15, -0.1) is 0 Å². The lowest BCUT2D eigenvalue weighted by Crippen LogP contribution is -2.16. The molecule has 0 amide bonds. The van der Waals surface area contributed by atoms with Gasteiger partial charge in [0.15, 0.2) is 0 Å². The van der Waals surface area contributed by atoms with E-state index in [0.29, 0.717) is 6.08 Å². The molecule has 80 valence electrons. The van der Waals surface area contributed by atoms with Gasteiger partial charge in [-0.05, 0) is 0 Å². The zero-order valence-corrected chi connectivity index (χ0v) is 7.42. The lowest BCUT2D eigenvalue weighted by molar-refractivity contribution is -0.139. The number of aliphatic hydroxyl groups is 2. The van der Waals surface area contributed by atoms with Gasteiger partial charge >= 0.3 is 11.9 Å². The number of rotatable bonds is 6. The zero-order valence-electron chi connectivity index (χ0n) is 7.42. The van der Waals surface area contributed by atoms with E-state index >= 15 is 0 Å². The van der Waals surface area contributed by atoms with E-state index in [9.17, 15) is 9.59 Å². The fraction of sp³-hybridized carbons (Fsp3) is 0.500. The van der Waals surface area contributed by atoms with E-state index in [1.54, 1.807) is 0 Å². The molecule has 6 nitrogen and oxygen atoms in total. The number of carboxylic acids is 1. The van der Waals surface area contributed by atoms with E-state index in [2.05, 4.69) is 4.74 Å². The molecule has 0 fully saturated rings. The maximum absolute atomic E-state index is 10.7. The van der Waals surface area contributed by atoms with Gasteiger partial charge in [0.25, 0.3) is 0 Å². The van der Waals surface area contributed by atoms with Crippen molar-refractivity contribution in [3.63, 3.8) is 0 Å². The third-order valence-corrected chi connectivity index (χ3v) is 1.27.